The van der Waals surface area contributed by atoms with Crippen molar-refractivity contribution in [3.8, 4) is 5.75 Å². The molecule has 0 amide bonds. The molecular weight excluding hydrogens is 269 g/mol. The Morgan fingerprint density at radius 2 is 1.84 bits per heavy atom. The van der Waals surface area contributed by atoms with Crippen molar-refractivity contribution in [3.63, 3.8) is 0 Å². The molecule has 2 nitrogen and oxygen atoms in total. The van der Waals surface area contributed by atoms with Gasteiger partial charge >= 0.3 is 6.18 Å². The van der Waals surface area contributed by atoms with Gasteiger partial charge in [-0.05, 0) is 36.6 Å². The number of halogens is 5. The van der Waals surface area contributed by atoms with Gasteiger partial charge in [0.2, 0.25) is 0 Å². The quantitative estimate of drug-likeness (QED) is 0.857. The second-order valence-electron chi connectivity index (χ2n) is 4.65. The zero-order valence-electron chi connectivity index (χ0n) is 9.81. The van der Waals surface area contributed by atoms with E-state index in [1.807, 2.05) is 0 Å². The standard InChI is InChI=1S/C12H12F5NO/c13-10(14)7-3-8(11(18)1-2-11)5-9(4-7)19-6-12(15,16)17/h3-5,10H,1-2,6,18H2. The number of hydrogen-bond acceptors (Lipinski definition) is 2. The van der Waals surface area contributed by atoms with E-state index in [0.717, 1.165) is 6.07 Å². The summed E-state index contributed by atoms with van der Waals surface area (Å²) in [6, 6.07) is 3.42. The maximum absolute atomic E-state index is 12.7. The molecule has 0 radical (unpaired) electrons. The van der Waals surface area contributed by atoms with Crippen LogP contribution in [-0.2, 0) is 5.54 Å². The van der Waals surface area contributed by atoms with E-state index in [-0.39, 0.29) is 11.3 Å². The molecule has 1 aliphatic carbocycles. The van der Waals surface area contributed by atoms with Crippen molar-refractivity contribution in [2.45, 2.75) is 31.0 Å². The molecule has 106 valence electrons. The van der Waals surface area contributed by atoms with E-state index in [0.29, 0.717) is 18.4 Å². The molecular formula is C12H12F5NO. The third kappa shape index (κ3) is 3.56. The highest BCUT2D eigenvalue weighted by atomic mass is 19.4. The molecule has 1 fully saturated rings. The number of hydrogen-bond donors (Lipinski definition) is 1. The molecule has 2 rings (SSSR count). The van der Waals surface area contributed by atoms with Gasteiger partial charge < -0.3 is 10.5 Å². The van der Waals surface area contributed by atoms with Crippen molar-refractivity contribution >= 4 is 0 Å². The van der Waals surface area contributed by atoms with Crippen LogP contribution in [0, 0.1) is 0 Å². The highest BCUT2D eigenvalue weighted by Crippen LogP contribution is 2.44. The van der Waals surface area contributed by atoms with E-state index in [1.54, 1.807) is 0 Å². The summed E-state index contributed by atoms with van der Waals surface area (Å²) in [5.74, 6) is -0.234. The van der Waals surface area contributed by atoms with Crippen molar-refractivity contribution < 1.29 is 26.7 Å². The first kappa shape index (κ1) is 14.0. The number of nitrogens with two attached hydrogens (primary N) is 1. The maximum atomic E-state index is 12.7. The Morgan fingerprint density at radius 3 is 2.32 bits per heavy atom. The minimum atomic E-state index is -4.51. The van der Waals surface area contributed by atoms with E-state index in [1.165, 1.54) is 12.1 Å². The number of benzene rings is 1. The molecule has 0 bridgehead atoms. The monoisotopic (exact) mass is 281 g/mol. The lowest BCUT2D eigenvalue weighted by Crippen LogP contribution is -2.21. The summed E-state index contributed by atoms with van der Waals surface area (Å²) in [7, 11) is 0. The van der Waals surface area contributed by atoms with Crippen molar-refractivity contribution in [2.24, 2.45) is 5.73 Å². The Balaban J connectivity index is 2.24. The fourth-order valence-corrected chi connectivity index (χ4v) is 1.71. The smallest absolute Gasteiger partial charge is 0.422 e. The molecule has 0 aliphatic heterocycles. The lowest BCUT2D eigenvalue weighted by Gasteiger charge is -2.15. The zero-order chi connectivity index (χ0) is 14.3. The van der Waals surface area contributed by atoms with E-state index < -0.39 is 24.7 Å². The summed E-state index contributed by atoms with van der Waals surface area (Å²) in [6.45, 7) is -1.52. The Bertz CT molecular complexity index is 468. The predicted molar refractivity (Wildman–Crippen MR) is 58.0 cm³/mol. The largest absolute Gasteiger partial charge is 0.484 e. The van der Waals surface area contributed by atoms with E-state index in [2.05, 4.69) is 4.74 Å². The first-order valence-corrected chi connectivity index (χ1v) is 5.62. The average molecular weight is 281 g/mol. The Labute approximate surface area is 106 Å². The van der Waals surface area contributed by atoms with Crippen LogP contribution in [0.1, 0.15) is 30.4 Å². The number of rotatable bonds is 4. The van der Waals surface area contributed by atoms with Gasteiger partial charge in [-0.15, -0.1) is 0 Å². The van der Waals surface area contributed by atoms with Crippen molar-refractivity contribution in [1.82, 2.24) is 0 Å². The average Bonchev–Trinajstić information content (AvgIpc) is 3.05. The summed E-state index contributed by atoms with van der Waals surface area (Å²) >= 11 is 0. The molecule has 0 unspecified atom stereocenters. The van der Waals surface area contributed by atoms with Gasteiger partial charge in [0.1, 0.15) is 5.75 Å². The van der Waals surface area contributed by atoms with Crippen molar-refractivity contribution in [1.29, 1.82) is 0 Å². The van der Waals surface area contributed by atoms with Gasteiger partial charge in [-0.1, -0.05) is 0 Å². The Kier molecular flexibility index (Phi) is 3.42. The van der Waals surface area contributed by atoms with Crippen LogP contribution in [0.15, 0.2) is 18.2 Å². The summed E-state index contributed by atoms with van der Waals surface area (Å²) in [6.07, 6.45) is -6.05. The molecule has 1 aromatic rings. The normalized spacial score (nSPS) is 17.6. The summed E-state index contributed by atoms with van der Waals surface area (Å²) < 4.78 is 66.0. The van der Waals surface area contributed by atoms with Crippen LogP contribution >= 0.6 is 0 Å². The molecule has 0 saturated heterocycles. The predicted octanol–water partition coefficient (Wildman–Crippen LogP) is 3.51. The van der Waals surface area contributed by atoms with Crippen molar-refractivity contribution in [2.75, 3.05) is 6.61 Å². The van der Waals surface area contributed by atoms with Gasteiger partial charge in [-0.2, -0.15) is 13.2 Å². The van der Waals surface area contributed by atoms with Crippen LogP contribution in [0.25, 0.3) is 0 Å². The van der Waals surface area contributed by atoms with Gasteiger partial charge in [-0.25, -0.2) is 8.78 Å². The first-order valence-electron chi connectivity index (χ1n) is 5.62. The molecule has 1 saturated carbocycles. The number of alkyl halides is 5. The second-order valence-corrected chi connectivity index (χ2v) is 4.65. The van der Waals surface area contributed by atoms with Crippen LogP contribution in [0.2, 0.25) is 0 Å². The summed E-state index contributed by atoms with van der Waals surface area (Å²) in [5.41, 5.74) is 5.17. The topological polar surface area (TPSA) is 35.2 Å². The molecule has 19 heavy (non-hydrogen) atoms. The fraction of sp³-hybridized carbons (Fsp3) is 0.500. The molecule has 0 heterocycles. The van der Waals surface area contributed by atoms with Crippen molar-refractivity contribution in [3.05, 3.63) is 29.3 Å². The minimum absolute atomic E-state index is 0.234. The number of ether oxygens (including phenoxy) is 1. The molecule has 1 aliphatic rings. The van der Waals surface area contributed by atoms with Crippen LogP contribution in [0.4, 0.5) is 22.0 Å². The van der Waals surface area contributed by atoms with Gasteiger partial charge in [-0.3, -0.25) is 0 Å². The van der Waals surface area contributed by atoms with Crippen LogP contribution in [0.5, 0.6) is 5.75 Å². The van der Waals surface area contributed by atoms with Crippen LogP contribution in [-0.4, -0.2) is 12.8 Å². The van der Waals surface area contributed by atoms with Gasteiger partial charge in [0.05, 0.1) is 0 Å². The molecule has 2 N–H and O–H groups in total. The highest BCUT2D eigenvalue weighted by molar-refractivity contribution is 5.41. The Morgan fingerprint density at radius 1 is 1.21 bits per heavy atom. The van der Waals surface area contributed by atoms with E-state index >= 15 is 0 Å². The Hall–Kier alpha value is -1.37. The summed E-state index contributed by atoms with van der Waals surface area (Å²) in [5, 5.41) is 0. The minimum Gasteiger partial charge on any atom is -0.484 e. The third-order valence-electron chi connectivity index (χ3n) is 2.95. The summed E-state index contributed by atoms with van der Waals surface area (Å²) in [4.78, 5) is 0. The highest BCUT2D eigenvalue weighted by Gasteiger charge is 2.40. The second kappa shape index (κ2) is 4.63. The fourth-order valence-electron chi connectivity index (χ4n) is 1.71. The molecule has 0 spiro atoms. The van der Waals surface area contributed by atoms with E-state index in [9.17, 15) is 22.0 Å². The van der Waals surface area contributed by atoms with Gasteiger partial charge in [0.25, 0.3) is 6.43 Å². The molecule has 1 aromatic carbocycles. The third-order valence-corrected chi connectivity index (χ3v) is 2.95. The molecule has 0 atom stereocenters. The van der Waals surface area contributed by atoms with Crippen LogP contribution < -0.4 is 10.5 Å². The maximum Gasteiger partial charge on any atom is 0.422 e. The van der Waals surface area contributed by atoms with E-state index in [4.69, 9.17) is 5.73 Å². The first-order chi connectivity index (χ1) is 8.70. The van der Waals surface area contributed by atoms with Gasteiger partial charge in [0, 0.05) is 11.1 Å². The lowest BCUT2D eigenvalue weighted by molar-refractivity contribution is -0.153. The van der Waals surface area contributed by atoms with Crippen LogP contribution in [0.3, 0.4) is 0 Å². The SMILES string of the molecule is NC1(c2cc(OCC(F)(F)F)cc(C(F)F)c2)CC1. The van der Waals surface area contributed by atoms with Gasteiger partial charge in [0.15, 0.2) is 6.61 Å². The lowest BCUT2D eigenvalue weighted by atomic mass is 10.0. The molecule has 7 heteroatoms. The zero-order valence-corrected chi connectivity index (χ0v) is 9.81. The molecule has 0 aromatic heterocycles.